The molecule has 0 aliphatic rings. The van der Waals surface area contributed by atoms with Crippen LogP contribution in [0.25, 0.3) is 0 Å². The second-order valence-corrected chi connectivity index (χ2v) is 5.63. The first kappa shape index (κ1) is 15.0. The molecule has 0 saturated heterocycles. The van der Waals surface area contributed by atoms with Crippen LogP contribution in [0.4, 0.5) is 4.39 Å². The van der Waals surface area contributed by atoms with E-state index in [1.807, 2.05) is 0 Å². The number of aliphatic carboxylic acids is 1. The molecule has 0 amide bonds. The lowest BCUT2D eigenvalue weighted by Crippen LogP contribution is -2.15. The molecule has 2 rings (SSSR count). The van der Waals surface area contributed by atoms with Crippen molar-refractivity contribution in [2.45, 2.75) is 12.3 Å². The van der Waals surface area contributed by atoms with Gasteiger partial charge in [0, 0.05) is 5.02 Å². The number of carbonyl (C=O) groups is 1. The number of carboxylic acid groups (broad SMARTS) is 1. The summed E-state index contributed by atoms with van der Waals surface area (Å²) in [5.41, 5.74) is 1.28. The van der Waals surface area contributed by atoms with Crippen LogP contribution < -0.4 is 0 Å². The van der Waals surface area contributed by atoms with Crippen molar-refractivity contribution in [1.82, 2.24) is 0 Å². The van der Waals surface area contributed by atoms with Gasteiger partial charge in [-0.05, 0) is 51.7 Å². The Morgan fingerprint density at radius 1 is 1.30 bits per heavy atom. The lowest BCUT2D eigenvalue weighted by Gasteiger charge is -2.14. The fourth-order valence-electron chi connectivity index (χ4n) is 1.99. The second-order valence-electron chi connectivity index (χ2n) is 4.36. The van der Waals surface area contributed by atoms with Gasteiger partial charge in [0.1, 0.15) is 5.82 Å². The summed E-state index contributed by atoms with van der Waals surface area (Å²) >= 11 is 9.15. The van der Waals surface area contributed by atoms with Gasteiger partial charge in [-0.2, -0.15) is 0 Å². The molecular weight excluding hydrogens is 347 g/mol. The Morgan fingerprint density at radius 2 is 2.00 bits per heavy atom. The molecule has 0 aromatic heterocycles. The molecule has 0 spiro atoms. The molecule has 0 fully saturated rings. The third-order valence-electron chi connectivity index (χ3n) is 3.00. The first-order valence-corrected chi connectivity index (χ1v) is 7.07. The summed E-state index contributed by atoms with van der Waals surface area (Å²) in [6.45, 7) is 0. The molecule has 5 heteroatoms. The first-order valence-electron chi connectivity index (χ1n) is 5.90. The summed E-state index contributed by atoms with van der Waals surface area (Å²) < 4.78 is 13.5. The van der Waals surface area contributed by atoms with Gasteiger partial charge in [-0.25, -0.2) is 4.39 Å². The number of hydrogen-bond donors (Lipinski definition) is 1. The summed E-state index contributed by atoms with van der Waals surface area (Å²) in [6.07, 6.45) is 0.248. The van der Waals surface area contributed by atoms with Crippen molar-refractivity contribution in [2.24, 2.45) is 0 Å². The van der Waals surface area contributed by atoms with Crippen LogP contribution in [0.1, 0.15) is 17.0 Å². The standard InChI is InChI=1S/C15H11BrClFO2/c16-12-8-9(5-6-14(12)18)7-11(15(19)20)10-3-1-2-4-13(10)17/h1-6,8,11H,7H2,(H,19,20). The Balaban J connectivity index is 2.33. The highest BCUT2D eigenvalue weighted by Gasteiger charge is 2.22. The van der Waals surface area contributed by atoms with Crippen molar-refractivity contribution in [3.63, 3.8) is 0 Å². The highest BCUT2D eigenvalue weighted by molar-refractivity contribution is 9.10. The molecule has 1 atom stereocenters. The number of halogens is 3. The Morgan fingerprint density at radius 3 is 2.60 bits per heavy atom. The van der Waals surface area contributed by atoms with Gasteiger partial charge in [-0.1, -0.05) is 35.9 Å². The monoisotopic (exact) mass is 356 g/mol. The molecule has 1 N–H and O–H groups in total. The predicted octanol–water partition coefficient (Wildman–Crippen LogP) is 4.65. The second kappa shape index (κ2) is 6.37. The van der Waals surface area contributed by atoms with Crippen LogP contribution in [0.5, 0.6) is 0 Å². The molecule has 20 heavy (non-hydrogen) atoms. The van der Waals surface area contributed by atoms with Gasteiger partial charge >= 0.3 is 5.97 Å². The zero-order valence-electron chi connectivity index (χ0n) is 10.3. The maximum Gasteiger partial charge on any atom is 0.311 e. The largest absolute Gasteiger partial charge is 0.481 e. The predicted molar refractivity (Wildman–Crippen MR) is 79.6 cm³/mol. The van der Waals surface area contributed by atoms with Gasteiger partial charge < -0.3 is 5.11 Å². The van der Waals surface area contributed by atoms with Gasteiger partial charge in [0.2, 0.25) is 0 Å². The van der Waals surface area contributed by atoms with E-state index < -0.39 is 11.9 Å². The van der Waals surface area contributed by atoms with Crippen LogP contribution in [0, 0.1) is 5.82 Å². The SMILES string of the molecule is O=C(O)C(Cc1ccc(F)c(Br)c1)c1ccccc1Cl. The van der Waals surface area contributed by atoms with Crippen LogP contribution >= 0.6 is 27.5 Å². The Hall–Kier alpha value is -1.39. The molecule has 1 unspecified atom stereocenters. The van der Waals surface area contributed by atoms with E-state index in [0.717, 1.165) is 5.56 Å². The van der Waals surface area contributed by atoms with Crippen molar-refractivity contribution in [2.75, 3.05) is 0 Å². The van der Waals surface area contributed by atoms with Crippen molar-refractivity contribution in [1.29, 1.82) is 0 Å². The van der Waals surface area contributed by atoms with E-state index in [9.17, 15) is 14.3 Å². The lowest BCUT2D eigenvalue weighted by molar-refractivity contribution is -0.138. The summed E-state index contributed by atoms with van der Waals surface area (Å²) in [5.74, 6) is -2.10. The van der Waals surface area contributed by atoms with E-state index in [1.54, 1.807) is 36.4 Å². The van der Waals surface area contributed by atoms with Crippen LogP contribution in [0.15, 0.2) is 46.9 Å². The Bertz CT molecular complexity index is 646. The van der Waals surface area contributed by atoms with Gasteiger partial charge in [-0.3, -0.25) is 4.79 Å². The smallest absolute Gasteiger partial charge is 0.311 e. The quantitative estimate of drug-likeness (QED) is 0.864. The third-order valence-corrected chi connectivity index (χ3v) is 3.95. The van der Waals surface area contributed by atoms with Crippen LogP contribution in [0.3, 0.4) is 0 Å². The van der Waals surface area contributed by atoms with E-state index in [1.165, 1.54) is 6.07 Å². The lowest BCUT2D eigenvalue weighted by atomic mass is 9.92. The highest BCUT2D eigenvalue weighted by Crippen LogP contribution is 2.29. The molecular formula is C15H11BrClFO2. The molecule has 0 heterocycles. The number of hydrogen-bond acceptors (Lipinski definition) is 1. The zero-order chi connectivity index (χ0) is 14.7. The number of rotatable bonds is 4. The average Bonchev–Trinajstić information content (AvgIpc) is 2.41. The fourth-order valence-corrected chi connectivity index (χ4v) is 2.68. The molecule has 0 aliphatic heterocycles. The van der Waals surface area contributed by atoms with E-state index in [0.29, 0.717) is 15.1 Å². The minimum Gasteiger partial charge on any atom is -0.481 e. The molecule has 0 saturated carbocycles. The minimum atomic E-state index is -0.960. The number of benzene rings is 2. The molecule has 2 nitrogen and oxygen atoms in total. The van der Waals surface area contributed by atoms with E-state index >= 15 is 0 Å². The molecule has 0 radical (unpaired) electrons. The van der Waals surface area contributed by atoms with E-state index in [2.05, 4.69) is 15.9 Å². The summed E-state index contributed by atoms with van der Waals surface area (Å²) in [7, 11) is 0. The molecule has 2 aromatic rings. The maximum absolute atomic E-state index is 13.2. The first-order chi connectivity index (χ1) is 9.49. The molecule has 2 aromatic carbocycles. The zero-order valence-corrected chi connectivity index (χ0v) is 12.7. The van der Waals surface area contributed by atoms with Crippen LogP contribution in [-0.4, -0.2) is 11.1 Å². The molecule has 104 valence electrons. The van der Waals surface area contributed by atoms with Crippen molar-refractivity contribution >= 4 is 33.5 Å². The van der Waals surface area contributed by atoms with E-state index in [4.69, 9.17) is 11.6 Å². The average molecular weight is 358 g/mol. The van der Waals surface area contributed by atoms with Crippen LogP contribution in [0.2, 0.25) is 5.02 Å². The maximum atomic E-state index is 13.2. The van der Waals surface area contributed by atoms with Gasteiger partial charge in [-0.15, -0.1) is 0 Å². The summed E-state index contributed by atoms with van der Waals surface area (Å²) in [4.78, 5) is 11.5. The van der Waals surface area contributed by atoms with Crippen molar-refractivity contribution in [3.05, 3.63) is 68.9 Å². The Labute approximate surface area is 129 Å². The minimum absolute atomic E-state index is 0.248. The van der Waals surface area contributed by atoms with E-state index in [-0.39, 0.29) is 12.2 Å². The van der Waals surface area contributed by atoms with Crippen molar-refractivity contribution in [3.8, 4) is 0 Å². The third kappa shape index (κ3) is 3.38. The highest BCUT2D eigenvalue weighted by atomic mass is 79.9. The topological polar surface area (TPSA) is 37.3 Å². The fraction of sp³-hybridized carbons (Fsp3) is 0.133. The van der Waals surface area contributed by atoms with Crippen LogP contribution in [-0.2, 0) is 11.2 Å². The molecule has 0 bridgehead atoms. The van der Waals surface area contributed by atoms with Crippen molar-refractivity contribution < 1.29 is 14.3 Å². The number of carboxylic acids is 1. The Kier molecular flexibility index (Phi) is 4.78. The summed E-state index contributed by atoms with van der Waals surface area (Å²) in [5, 5.41) is 9.81. The van der Waals surface area contributed by atoms with Gasteiger partial charge in [0.25, 0.3) is 0 Å². The normalized spacial score (nSPS) is 12.2. The molecule has 0 aliphatic carbocycles. The summed E-state index contributed by atoms with van der Waals surface area (Å²) in [6, 6.07) is 11.3. The van der Waals surface area contributed by atoms with Gasteiger partial charge in [0.05, 0.1) is 10.4 Å². The van der Waals surface area contributed by atoms with Gasteiger partial charge in [0.15, 0.2) is 0 Å².